The summed E-state index contributed by atoms with van der Waals surface area (Å²) in [5.41, 5.74) is 5.09. The van der Waals surface area contributed by atoms with Crippen molar-refractivity contribution in [1.29, 1.82) is 0 Å². The molecule has 0 aliphatic carbocycles. The molecule has 0 spiro atoms. The Labute approximate surface area is 161 Å². The predicted molar refractivity (Wildman–Crippen MR) is 105 cm³/mol. The smallest absolute Gasteiger partial charge is 0.287 e. The van der Waals surface area contributed by atoms with Gasteiger partial charge in [-0.15, -0.1) is 11.3 Å². The fourth-order valence-corrected chi connectivity index (χ4v) is 3.92. The molecule has 2 heterocycles. The number of carbonyl (C=O) groups is 1. The van der Waals surface area contributed by atoms with E-state index in [0.717, 1.165) is 35.4 Å². The topological polar surface area (TPSA) is 60.5 Å². The molecule has 1 fully saturated rings. The summed E-state index contributed by atoms with van der Waals surface area (Å²) < 4.78 is 5.50. The molecule has 27 heavy (non-hydrogen) atoms. The third kappa shape index (κ3) is 4.24. The van der Waals surface area contributed by atoms with Gasteiger partial charge < -0.3 is 4.74 Å². The van der Waals surface area contributed by atoms with Crippen LogP contribution in [0.1, 0.15) is 28.9 Å². The molecular formula is C21H20N2O3S. The van der Waals surface area contributed by atoms with Crippen molar-refractivity contribution >= 4 is 17.2 Å². The molecule has 0 saturated carbocycles. The lowest BCUT2D eigenvalue weighted by atomic mass is 10.1. The Morgan fingerprint density at radius 3 is 2.41 bits per heavy atom. The molecule has 4 rings (SSSR count). The summed E-state index contributed by atoms with van der Waals surface area (Å²) >= 11 is 1.36. The van der Waals surface area contributed by atoms with E-state index in [1.54, 1.807) is 0 Å². The summed E-state index contributed by atoms with van der Waals surface area (Å²) in [5, 5.41) is 0.800. The summed E-state index contributed by atoms with van der Waals surface area (Å²) in [4.78, 5) is 23.5. The zero-order chi connectivity index (χ0) is 18.5. The molecule has 5 nitrogen and oxygen atoms in total. The molecule has 0 bridgehead atoms. The Kier molecular flexibility index (Phi) is 5.58. The van der Waals surface area contributed by atoms with Crippen molar-refractivity contribution in [3.63, 3.8) is 0 Å². The average molecular weight is 380 g/mol. The monoisotopic (exact) mass is 380 g/mol. The van der Waals surface area contributed by atoms with Gasteiger partial charge in [0.05, 0.1) is 5.69 Å². The van der Waals surface area contributed by atoms with Crippen molar-refractivity contribution in [3.8, 4) is 21.8 Å². The highest BCUT2D eigenvalue weighted by molar-refractivity contribution is 7.17. The highest BCUT2D eigenvalue weighted by Gasteiger charge is 2.22. The number of amides is 1. The number of ether oxygens (including phenoxy) is 1. The molecule has 1 N–H and O–H groups in total. The zero-order valence-electron chi connectivity index (χ0n) is 14.8. The van der Waals surface area contributed by atoms with Crippen LogP contribution in [-0.4, -0.2) is 23.8 Å². The van der Waals surface area contributed by atoms with E-state index in [0.29, 0.717) is 17.2 Å². The molecule has 1 saturated heterocycles. The van der Waals surface area contributed by atoms with E-state index in [1.165, 1.54) is 11.3 Å². The van der Waals surface area contributed by atoms with Crippen molar-refractivity contribution in [2.75, 3.05) is 6.61 Å². The minimum Gasteiger partial charge on any atom is -0.350 e. The quantitative estimate of drug-likeness (QED) is 0.654. The molecule has 0 radical (unpaired) electrons. The standard InChI is InChI=1S/C21H20N2O3S/c24-20(23-26-17-13-7-8-14-25-17)19-18(15-9-3-1-4-10-15)22-21(27-19)16-11-5-2-6-12-16/h1-6,9-12,17H,7-8,13-14H2,(H,23,24). The summed E-state index contributed by atoms with van der Waals surface area (Å²) in [6.45, 7) is 0.661. The number of rotatable bonds is 5. The van der Waals surface area contributed by atoms with Crippen LogP contribution in [0.4, 0.5) is 0 Å². The van der Waals surface area contributed by atoms with Gasteiger partial charge in [-0.05, 0) is 12.8 Å². The fourth-order valence-electron chi connectivity index (χ4n) is 2.94. The molecule has 1 aliphatic heterocycles. The largest absolute Gasteiger partial charge is 0.350 e. The number of carbonyl (C=O) groups excluding carboxylic acids is 1. The first-order valence-electron chi connectivity index (χ1n) is 9.00. The van der Waals surface area contributed by atoms with Gasteiger partial charge >= 0.3 is 0 Å². The second kappa shape index (κ2) is 8.43. The van der Waals surface area contributed by atoms with Crippen molar-refractivity contribution in [3.05, 3.63) is 65.5 Å². The van der Waals surface area contributed by atoms with E-state index >= 15 is 0 Å². The number of nitrogens with one attached hydrogen (secondary N) is 1. The molecule has 138 valence electrons. The second-order valence-corrected chi connectivity index (χ2v) is 7.27. The van der Waals surface area contributed by atoms with Crippen molar-refractivity contribution in [2.24, 2.45) is 0 Å². The zero-order valence-corrected chi connectivity index (χ0v) is 15.6. The summed E-state index contributed by atoms with van der Waals surface area (Å²) in [6.07, 6.45) is 2.46. The number of hydrogen-bond acceptors (Lipinski definition) is 5. The number of benzene rings is 2. The number of nitrogens with zero attached hydrogens (tertiary/aromatic N) is 1. The van der Waals surface area contributed by atoms with Gasteiger partial charge in [0, 0.05) is 24.2 Å². The first-order chi connectivity index (χ1) is 13.3. The maximum atomic E-state index is 12.8. The molecule has 2 aromatic carbocycles. The van der Waals surface area contributed by atoms with E-state index < -0.39 is 0 Å². The number of thiazole rings is 1. The highest BCUT2D eigenvalue weighted by Crippen LogP contribution is 2.33. The lowest BCUT2D eigenvalue weighted by molar-refractivity contribution is -0.186. The Balaban J connectivity index is 1.61. The Morgan fingerprint density at radius 2 is 1.74 bits per heavy atom. The summed E-state index contributed by atoms with van der Waals surface area (Å²) in [5.74, 6) is -0.303. The van der Waals surface area contributed by atoms with Crippen molar-refractivity contribution in [2.45, 2.75) is 25.6 Å². The van der Waals surface area contributed by atoms with Crippen LogP contribution in [0.5, 0.6) is 0 Å². The van der Waals surface area contributed by atoms with Gasteiger partial charge in [0.2, 0.25) is 0 Å². The lowest BCUT2D eigenvalue weighted by Gasteiger charge is -2.21. The third-order valence-electron chi connectivity index (χ3n) is 4.32. The van der Waals surface area contributed by atoms with Gasteiger partial charge in [-0.3, -0.25) is 4.79 Å². The van der Waals surface area contributed by atoms with E-state index in [2.05, 4.69) is 5.48 Å². The van der Waals surface area contributed by atoms with Crippen LogP contribution in [-0.2, 0) is 9.57 Å². The van der Waals surface area contributed by atoms with Crippen molar-refractivity contribution < 1.29 is 14.4 Å². The van der Waals surface area contributed by atoms with Gasteiger partial charge in [0.1, 0.15) is 9.88 Å². The van der Waals surface area contributed by atoms with Crippen LogP contribution in [0.3, 0.4) is 0 Å². The molecular weight excluding hydrogens is 360 g/mol. The maximum Gasteiger partial charge on any atom is 0.287 e. The van der Waals surface area contributed by atoms with Crippen LogP contribution in [0.2, 0.25) is 0 Å². The molecule has 6 heteroatoms. The van der Waals surface area contributed by atoms with Gasteiger partial charge in [-0.1, -0.05) is 60.7 Å². The molecule has 1 atom stereocenters. The third-order valence-corrected chi connectivity index (χ3v) is 5.43. The first kappa shape index (κ1) is 17.9. The second-order valence-electron chi connectivity index (χ2n) is 6.27. The number of hydrogen-bond donors (Lipinski definition) is 1. The average Bonchev–Trinajstić information content (AvgIpc) is 3.20. The predicted octanol–water partition coefficient (Wildman–Crippen LogP) is 4.67. The normalized spacial score (nSPS) is 16.8. The number of hydroxylamine groups is 1. The number of aromatic nitrogens is 1. The molecule has 1 amide bonds. The van der Waals surface area contributed by atoms with Gasteiger partial charge in [-0.25, -0.2) is 15.3 Å². The lowest BCUT2D eigenvalue weighted by Crippen LogP contribution is -2.33. The molecule has 1 aromatic heterocycles. The fraction of sp³-hybridized carbons (Fsp3) is 0.238. The first-order valence-corrected chi connectivity index (χ1v) is 9.82. The van der Waals surface area contributed by atoms with Crippen molar-refractivity contribution in [1.82, 2.24) is 10.5 Å². The van der Waals surface area contributed by atoms with Crippen LogP contribution in [0.25, 0.3) is 21.8 Å². The van der Waals surface area contributed by atoms with Crippen LogP contribution >= 0.6 is 11.3 Å². The summed E-state index contributed by atoms with van der Waals surface area (Å²) in [6, 6.07) is 19.6. The van der Waals surface area contributed by atoms with E-state index in [4.69, 9.17) is 14.6 Å². The SMILES string of the molecule is O=C(NOC1CCCCO1)c1sc(-c2ccccc2)nc1-c1ccccc1. The van der Waals surface area contributed by atoms with E-state index in [1.807, 2.05) is 60.7 Å². The van der Waals surface area contributed by atoms with Gasteiger partial charge in [0.25, 0.3) is 5.91 Å². The molecule has 1 unspecified atom stereocenters. The Morgan fingerprint density at radius 1 is 1.04 bits per heavy atom. The van der Waals surface area contributed by atoms with Crippen LogP contribution < -0.4 is 5.48 Å². The maximum absolute atomic E-state index is 12.8. The van der Waals surface area contributed by atoms with Gasteiger partial charge in [-0.2, -0.15) is 0 Å². The van der Waals surface area contributed by atoms with E-state index in [9.17, 15) is 4.79 Å². The summed E-state index contributed by atoms with van der Waals surface area (Å²) in [7, 11) is 0. The molecule has 1 aliphatic rings. The van der Waals surface area contributed by atoms with Gasteiger partial charge in [0.15, 0.2) is 6.29 Å². The van der Waals surface area contributed by atoms with Crippen LogP contribution in [0, 0.1) is 0 Å². The van der Waals surface area contributed by atoms with Crippen LogP contribution in [0.15, 0.2) is 60.7 Å². The molecule has 3 aromatic rings. The Bertz CT molecular complexity index is 890. The minimum atomic E-state index is -0.385. The van der Waals surface area contributed by atoms with E-state index in [-0.39, 0.29) is 12.2 Å². The minimum absolute atomic E-state index is 0.303. The Hall–Kier alpha value is -2.54. The highest BCUT2D eigenvalue weighted by atomic mass is 32.1.